The number of carbonyl (C=O) groups is 2. The first-order valence-corrected chi connectivity index (χ1v) is 9.90. The second-order valence-corrected chi connectivity index (χ2v) is 7.81. The molecule has 0 atom stereocenters. The summed E-state index contributed by atoms with van der Waals surface area (Å²) in [6.07, 6.45) is 0.816. The average Bonchev–Trinajstić information content (AvgIpc) is 3.05. The van der Waals surface area contributed by atoms with Crippen molar-refractivity contribution in [3.63, 3.8) is 0 Å². The summed E-state index contributed by atoms with van der Waals surface area (Å²) in [4.78, 5) is 27.6. The molecule has 0 bridgehead atoms. The fourth-order valence-electron chi connectivity index (χ4n) is 2.87. The van der Waals surface area contributed by atoms with Gasteiger partial charge in [-0.3, -0.25) is 9.59 Å². The number of ketones is 1. The first-order valence-electron chi connectivity index (χ1n) is 8.71. The van der Waals surface area contributed by atoms with E-state index in [-0.39, 0.29) is 11.7 Å². The number of rotatable bonds is 6. The number of nitrogens with one attached hydrogen (secondary N) is 2. The number of benzene rings is 1. The van der Waals surface area contributed by atoms with Gasteiger partial charge in [0.2, 0.25) is 0 Å². The molecule has 1 saturated heterocycles. The van der Waals surface area contributed by atoms with E-state index in [0.29, 0.717) is 40.9 Å². The predicted molar refractivity (Wildman–Crippen MR) is 104 cm³/mol. The zero-order valence-corrected chi connectivity index (χ0v) is 16.2. The Hall–Kier alpha value is -1.73. The number of anilines is 1. The van der Waals surface area contributed by atoms with Crippen LogP contribution in [0.25, 0.3) is 0 Å². The molecule has 1 aliphatic rings. The zero-order chi connectivity index (χ0) is 18.5. The third-order valence-electron chi connectivity index (χ3n) is 4.35. The summed E-state index contributed by atoms with van der Waals surface area (Å²) >= 11 is 7.37. The van der Waals surface area contributed by atoms with Crippen molar-refractivity contribution >= 4 is 39.6 Å². The van der Waals surface area contributed by atoms with E-state index >= 15 is 0 Å². The molecule has 1 aromatic carbocycles. The van der Waals surface area contributed by atoms with E-state index in [2.05, 4.69) is 5.32 Å². The van der Waals surface area contributed by atoms with Crippen LogP contribution in [0.1, 0.15) is 27.7 Å². The maximum Gasteiger partial charge on any atom is 0.280 e. The third-order valence-corrected chi connectivity index (χ3v) is 5.79. The summed E-state index contributed by atoms with van der Waals surface area (Å²) in [5, 5.41) is 4.16. The van der Waals surface area contributed by atoms with E-state index in [1.807, 2.05) is 13.0 Å². The number of thiophene rings is 1. The van der Waals surface area contributed by atoms with Crippen molar-refractivity contribution in [1.82, 2.24) is 0 Å². The quantitative estimate of drug-likeness (QED) is 0.738. The Labute approximate surface area is 161 Å². The van der Waals surface area contributed by atoms with Gasteiger partial charge in [-0.25, -0.2) is 0 Å². The van der Waals surface area contributed by atoms with Crippen LogP contribution in [0.15, 0.2) is 30.3 Å². The number of quaternary nitrogens is 1. The van der Waals surface area contributed by atoms with Gasteiger partial charge in [0.25, 0.3) is 5.91 Å². The number of hydrogen-bond donors (Lipinski definition) is 2. The molecule has 1 aliphatic heterocycles. The van der Waals surface area contributed by atoms with Gasteiger partial charge in [-0.05, 0) is 36.8 Å². The number of morpholine rings is 1. The highest BCUT2D eigenvalue weighted by molar-refractivity contribution is 7.16. The highest BCUT2D eigenvalue weighted by Crippen LogP contribution is 2.30. The lowest BCUT2D eigenvalue weighted by molar-refractivity contribution is -0.899. The lowest BCUT2D eigenvalue weighted by atomic mass is 10.0. The van der Waals surface area contributed by atoms with Gasteiger partial charge in [0.05, 0.1) is 18.8 Å². The fraction of sp³-hybridized carbons (Fsp3) is 0.368. The van der Waals surface area contributed by atoms with Gasteiger partial charge in [-0.1, -0.05) is 18.5 Å². The van der Waals surface area contributed by atoms with Gasteiger partial charge >= 0.3 is 0 Å². The summed E-state index contributed by atoms with van der Waals surface area (Å²) in [7, 11) is 0. The molecule has 138 valence electrons. The van der Waals surface area contributed by atoms with E-state index < -0.39 is 0 Å². The standard InChI is InChI=1S/C19H21ClN2O3S/c1-2-15-11-16(18(24)13-3-5-14(20)6-4-13)19(26-15)21-17(23)12-22-7-9-25-10-8-22/h3-6,11H,2,7-10,12H2,1H3,(H,21,23)/p+1. The Kier molecular flexibility index (Phi) is 6.43. The molecule has 26 heavy (non-hydrogen) atoms. The van der Waals surface area contributed by atoms with Crippen LogP contribution in [0.2, 0.25) is 5.02 Å². The van der Waals surface area contributed by atoms with E-state index in [1.54, 1.807) is 24.3 Å². The average molecular weight is 394 g/mol. The Morgan fingerprint density at radius 2 is 1.92 bits per heavy atom. The van der Waals surface area contributed by atoms with Gasteiger partial charge in [-0.15, -0.1) is 11.3 Å². The van der Waals surface area contributed by atoms with Crippen molar-refractivity contribution in [3.05, 3.63) is 51.4 Å². The maximum absolute atomic E-state index is 12.9. The summed E-state index contributed by atoms with van der Waals surface area (Å²) in [6.45, 7) is 5.44. The Balaban J connectivity index is 1.76. The molecule has 7 heteroatoms. The highest BCUT2D eigenvalue weighted by atomic mass is 35.5. The first kappa shape index (κ1) is 19.0. The van der Waals surface area contributed by atoms with E-state index in [1.165, 1.54) is 16.2 Å². The van der Waals surface area contributed by atoms with Crippen molar-refractivity contribution in [2.45, 2.75) is 13.3 Å². The summed E-state index contributed by atoms with van der Waals surface area (Å²) in [5.74, 6) is -0.178. The monoisotopic (exact) mass is 393 g/mol. The SMILES string of the molecule is CCc1cc(C(=O)c2ccc(Cl)cc2)c(NC(=O)C[NH+]2CCOCC2)s1. The molecule has 5 nitrogen and oxygen atoms in total. The van der Waals surface area contributed by atoms with Gasteiger partial charge in [0, 0.05) is 15.5 Å². The molecule has 0 unspecified atom stereocenters. The van der Waals surface area contributed by atoms with Crippen molar-refractivity contribution in [3.8, 4) is 0 Å². The molecule has 0 aliphatic carbocycles. The number of aryl methyl sites for hydroxylation is 1. The van der Waals surface area contributed by atoms with Gasteiger partial charge in [0.15, 0.2) is 12.3 Å². The molecule has 0 radical (unpaired) electrons. The van der Waals surface area contributed by atoms with Crippen molar-refractivity contribution < 1.29 is 19.2 Å². The Morgan fingerprint density at radius 1 is 1.23 bits per heavy atom. The number of halogens is 1. The van der Waals surface area contributed by atoms with Gasteiger partial charge in [-0.2, -0.15) is 0 Å². The predicted octanol–water partition coefficient (Wildman–Crippen LogP) is 2.05. The molecular weight excluding hydrogens is 372 g/mol. The minimum Gasteiger partial charge on any atom is -0.370 e. The van der Waals surface area contributed by atoms with Gasteiger partial charge < -0.3 is 15.0 Å². The second kappa shape index (κ2) is 8.77. The second-order valence-electron chi connectivity index (χ2n) is 6.23. The Morgan fingerprint density at radius 3 is 2.58 bits per heavy atom. The van der Waals surface area contributed by atoms with Crippen LogP contribution in [-0.4, -0.2) is 44.5 Å². The highest BCUT2D eigenvalue weighted by Gasteiger charge is 2.22. The molecule has 0 saturated carbocycles. The van der Waals surface area contributed by atoms with E-state index in [4.69, 9.17) is 16.3 Å². The largest absolute Gasteiger partial charge is 0.370 e. The lowest BCUT2D eigenvalue weighted by Gasteiger charge is -2.23. The van der Waals surface area contributed by atoms with Crippen LogP contribution in [0.5, 0.6) is 0 Å². The van der Waals surface area contributed by atoms with Crippen LogP contribution in [0.3, 0.4) is 0 Å². The number of ether oxygens (including phenoxy) is 1. The summed E-state index contributed by atoms with van der Waals surface area (Å²) in [6, 6.07) is 8.68. The van der Waals surface area contributed by atoms with Crippen LogP contribution in [0, 0.1) is 0 Å². The van der Waals surface area contributed by atoms with Gasteiger partial charge in [0.1, 0.15) is 18.1 Å². The topological polar surface area (TPSA) is 59.8 Å². The number of hydrogen-bond acceptors (Lipinski definition) is 4. The van der Waals surface area contributed by atoms with Crippen LogP contribution < -0.4 is 10.2 Å². The number of amides is 1. The minimum absolute atomic E-state index is 0.0726. The molecule has 2 N–H and O–H groups in total. The molecular formula is C19H22ClN2O3S+. The van der Waals surface area contributed by atoms with Crippen LogP contribution in [0.4, 0.5) is 5.00 Å². The molecule has 1 fully saturated rings. The number of carbonyl (C=O) groups excluding carboxylic acids is 2. The van der Waals surface area contributed by atoms with Crippen LogP contribution in [-0.2, 0) is 16.0 Å². The molecule has 1 amide bonds. The minimum atomic E-state index is -0.105. The smallest absolute Gasteiger partial charge is 0.280 e. The van der Waals surface area contributed by atoms with Crippen LogP contribution >= 0.6 is 22.9 Å². The summed E-state index contributed by atoms with van der Waals surface area (Å²) in [5.41, 5.74) is 1.10. The first-order chi connectivity index (χ1) is 12.6. The van der Waals surface area contributed by atoms with Crippen molar-refractivity contribution in [2.24, 2.45) is 0 Å². The Bertz CT molecular complexity index is 783. The molecule has 1 aromatic heterocycles. The summed E-state index contributed by atoms with van der Waals surface area (Å²) < 4.78 is 5.32. The molecule has 0 spiro atoms. The maximum atomic E-state index is 12.9. The third kappa shape index (κ3) is 4.71. The molecule has 2 heterocycles. The molecule has 3 rings (SSSR count). The van der Waals surface area contributed by atoms with E-state index in [0.717, 1.165) is 24.4 Å². The lowest BCUT2D eigenvalue weighted by Crippen LogP contribution is -3.15. The van der Waals surface area contributed by atoms with Crippen molar-refractivity contribution in [1.29, 1.82) is 0 Å². The molecule has 2 aromatic rings. The normalized spacial score (nSPS) is 15.0. The fourth-order valence-corrected chi connectivity index (χ4v) is 4.01. The van der Waals surface area contributed by atoms with Crippen molar-refractivity contribution in [2.75, 3.05) is 38.2 Å². The van der Waals surface area contributed by atoms with E-state index in [9.17, 15) is 9.59 Å². The zero-order valence-electron chi connectivity index (χ0n) is 14.6.